The highest BCUT2D eigenvalue weighted by Crippen LogP contribution is 2.27. The van der Waals surface area contributed by atoms with Gasteiger partial charge in [-0.1, -0.05) is 24.3 Å². The maximum Gasteiger partial charge on any atom is 0.227 e. The maximum atomic E-state index is 12.4. The van der Waals surface area contributed by atoms with Crippen molar-refractivity contribution < 1.29 is 9.53 Å². The van der Waals surface area contributed by atoms with Gasteiger partial charge in [-0.15, -0.1) is 11.6 Å². The number of rotatable bonds is 5. The van der Waals surface area contributed by atoms with Gasteiger partial charge in [0.2, 0.25) is 5.91 Å². The minimum Gasteiger partial charge on any atom is -0.397 e. The highest BCUT2D eigenvalue weighted by molar-refractivity contribution is 6.19. The fraction of sp³-hybridized carbons (Fsp3) is 0.389. The molecule has 0 spiro atoms. The van der Waals surface area contributed by atoms with Crippen molar-refractivity contribution in [2.45, 2.75) is 19.8 Å². The van der Waals surface area contributed by atoms with E-state index in [2.05, 4.69) is 5.32 Å². The number of carbonyl (C=O) groups excluding carboxylic acids is 1. The van der Waals surface area contributed by atoms with Crippen LogP contribution in [0.15, 0.2) is 36.4 Å². The number of allylic oxidation sites excluding steroid dienone is 4. The molecule has 1 aromatic rings. The summed E-state index contributed by atoms with van der Waals surface area (Å²) in [6.45, 7) is 3.24. The third-order valence-electron chi connectivity index (χ3n) is 3.93. The molecule has 4 nitrogen and oxygen atoms in total. The Morgan fingerprint density at radius 3 is 2.83 bits per heavy atom. The van der Waals surface area contributed by atoms with Crippen LogP contribution in [0.3, 0.4) is 0 Å². The Bertz CT molecular complexity index is 605. The van der Waals surface area contributed by atoms with E-state index in [0.717, 1.165) is 24.0 Å². The first-order valence-electron chi connectivity index (χ1n) is 7.83. The number of nitrogens with one attached hydrogen (secondary N) is 1. The van der Waals surface area contributed by atoms with Gasteiger partial charge in [-0.05, 0) is 43.0 Å². The van der Waals surface area contributed by atoms with Gasteiger partial charge in [0, 0.05) is 25.0 Å². The lowest BCUT2D eigenvalue weighted by Gasteiger charge is -2.21. The van der Waals surface area contributed by atoms with Gasteiger partial charge in [0.1, 0.15) is 0 Å². The lowest BCUT2D eigenvalue weighted by Crippen LogP contribution is -2.28. The molecule has 1 amide bonds. The summed E-state index contributed by atoms with van der Waals surface area (Å²) in [4.78, 5) is 12.4. The van der Waals surface area contributed by atoms with Crippen LogP contribution in [0.2, 0.25) is 0 Å². The minimum absolute atomic E-state index is 0.00970. The molecule has 0 atom stereocenters. The predicted octanol–water partition coefficient (Wildman–Crippen LogP) is 3.83. The summed E-state index contributed by atoms with van der Waals surface area (Å²) < 4.78 is 5.30. The molecule has 1 aliphatic rings. The monoisotopic (exact) mass is 334 g/mol. The van der Waals surface area contributed by atoms with Crippen LogP contribution in [0.25, 0.3) is 5.57 Å². The third kappa shape index (κ3) is 4.85. The Kier molecular flexibility index (Phi) is 6.68. The van der Waals surface area contributed by atoms with Crippen molar-refractivity contribution in [3.05, 3.63) is 42.0 Å². The standard InChI is InChI=1S/C18H23ClN2O2/c1-2-13(4-3-9-19)15-5-6-16(20)17(12-15)21-18(22)14-7-10-23-11-8-14/h2-6,12,14H,7-11,20H2,1H3,(H,21,22)/b4-3-,13-2+. The molecule has 3 N–H and O–H groups in total. The normalized spacial score (nSPS) is 16.7. The lowest BCUT2D eigenvalue weighted by atomic mass is 9.99. The Labute approximate surface area is 142 Å². The Hall–Kier alpha value is -1.78. The number of halogens is 1. The molecule has 1 heterocycles. The molecule has 0 saturated carbocycles. The summed E-state index contributed by atoms with van der Waals surface area (Å²) in [6, 6.07) is 5.65. The minimum atomic E-state index is -0.0101. The first-order valence-corrected chi connectivity index (χ1v) is 8.36. The molecule has 5 heteroatoms. The number of nitrogen functional groups attached to an aromatic ring is 1. The Morgan fingerprint density at radius 2 is 2.17 bits per heavy atom. The molecule has 0 bridgehead atoms. The van der Waals surface area contributed by atoms with E-state index >= 15 is 0 Å². The van der Waals surface area contributed by atoms with Gasteiger partial charge in [-0.3, -0.25) is 4.79 Å². The molecule has 2 rings (SSSR count). The summed E-state index contributed by atoms with van der Waals surface area (Å²) in [5.74, 6) is 0.458. The van der Waals surface area contributed by atoms with Gasteiger partial charge < -0.3 is 15.8 Å². The number of hydrogen-bond acceptors (Lipinski definition) is 3. The van der Waals surface area contributed by atoms with E-state index in [1.165, 1.54) is 0 Å². The van der Waals surface area contributed by atoms with Gasteiger partial charge in [-0.25, -0.2) is 0 Å². The number of carbonyl (C=O) groups is 1. The van der Waals surface area contributed by atoms with Gasteiger partial charge in [0.05, 0.1) is 11.4 Å². The Balaban J connectivity index is 2.16. The number of ether oxygens (including phenoxy) is 1. The first kappa shape index (κ1) is 17.6. The fourth-order valence-corrected chi connectivity index (χ4v) is 2.66. The van der Waals surface area contributed by atoms with E-state index in [1.54, 1.807) is 0 Å². The molecule has 23 heavy (non-hydrogen) atoms. The van der Waals surface area contributed by atoms with E-state index in [9.17, 15) is 4.79 Å². The molecule has 124 valence electrons. The number of nitrogens with two attached hydrogens (primary N) is 1. The van der Waals surface area contributed by atoms with Gasteiger partial charge in [0.15, 0.2) is 0 Å². The molecular formula is C18H23ClN2O2. The van der Waals surface area contributed by atoms with Gasteiger partial charge >= 0.3 is 0 Å². The topological polar surface area (TPSA) is 64.3 Å². The van der Waals surface area contributed by atoms with Crippen LogP contribution in [0.5, 0.6) is 0 Å². The largest absolute Gasteiger partial charge is 0.397 e. The Morgan fingerprint density at radius 1 is 1.43 bits per heavy atom. The lowest BCUT2D eigenvalue weighted by molar-refractivity contribution is -0.122. The predicted molar refractivity (Wildman–Crippen MR) is 96.5 cm³/mol. The molecule has 1 aromatic carbocycles. The first-order chi connectivity index (χ1) is 11.2. The third-order valence-corrected chi connectivity index (χ3v) is 4.11. The quantitative estimate of drug-likeness (QED) is 0.488. The fourth-order valence-electron chi connectivity index (χ4n) is 2.57. The number of anilines is 2. The zero-order chi connectivity index (χ0) is 16.7. The second kappa shape index (κ2) is 8.75. The van der Waals surface area contributed by atoms with Crippen LogP contribution in [0.4, 0.5) is 11.4 Å². The summed E-state index contributed by atoms with van der Waals surface area (Å²) in [5.41, 5.74) is 9.25. The maximum absolute atomic E-state index is 12.4. The van der Waals surface area contributed by atoms with Crippen LogP contribution < -0.4 is 11.1 Å². The molecule has 0 radical (unpaired) electrons. The molecular weight excluding hydrogens is 312 g/mol. The molecule has 1 saturated heterocycles. The van der Waals surface area contributed by atoms with E-state index in [4.69, 9.17) is 22.1 Å². The van der Waals surface area contributed by atoms with Crippen molar-refractivity contribution in [1.82, 2.24) is 0 Å². The van der Waals surface area contributed by atoms with E-state index < -0.39 is 0 Å². The van der Waals surface area contributed by atoms with Gasteiger partial charge in [-0.2, -0.15) is 0 Å². The van der Waals surface area contributed by atoms with E-state index in [1.807, 2.05) is 43.4 Å². The number of alkyl halides is 1. The van der Waals surface area contributed by atoms with Crippen LogP contribution in [-0.2, 0) is 9.53 Å². The second-order valence-electron chi connectivity index (χ2n) is 5.48. The number of amides is 1. The highest BCUT2D eigenvalue weighted by atomic mass is 35.5. The molecule has 1 aliphatic heterocycles. The zero-order valence-corrected chi connectivity index (χ0v) is 14.1. The smallest absolute Gasteiger partial charge is 0.227 e. The number of benzene rings is 1. The van der Waals surface area contributed by atoms with Crippen molar-refractivity contribution in [3.63, 3.8) is 0 Å². The summed E-state index contributed by atoms with van der Waals surface area (Å²) in [7, 11) is 0. The SMILES string of the molecule is C/C=C(\C=C/CCl)c1ccc(N)c(NC(=O)C2CCOCC2)c1. The van der Waals surface area contributed by atoms with E-state index in [0.29, 0.717) is 30.5 Å². The average Bonchev–Trinajstić information content (AvgIpc) is 2.59. The van der Waals surface area contributed by atoms with Crippen LogP contribution >= 0.6 is 11.6 Å². The number of hydrogen-bond donors (Lipinski definition) is 2. The molecule has 1 fully saturated rings. The summed E-state index contributed by atoms with van der Waals surface area (Å²) in [5, 5.41) is 2.96. The summed E-state index contributed by atoms with van der Waals surface area (Å²) in [6.07, 6.45) is 7.35. The molecule has 0 aromatic heterocycles. The average molecular weight is 335 g/mol. The van der Waals surface area contributed by atoms with Crippen molar-refractivity contribution >= 4 is 34.5 Å². The van der Waals surface area contributed by atoms with Crippen LogP contribution in [0, 0.1) is 5.92 Å². The van der Waals surface area contributed by atoms with Gasteiger partial charge in [0.25, 0.3) is 0 Å². The second-order valence-corrected chi connectivity index (χ2v) is 5.79. The van der Waals surface area contributed by atoms with Crippen LogP contribution in [0.1, 0.15) is 25.3 Å². The van der Waals surface area contributed by atoms with Crippen molar-refractivity contribution in [3.8, 4) is 0 Å². The van der Waals surface area contributed by atoms with Crippen molar-refractivity contribution in [1.29, 1.82) is 0 Å². The molecule has 0 aliphatic carbocycles. The van der Waals surface area contributed by atoms with Crippen LogP contribution in [-0.4, -0.2) is 25.0 Å². The zero-order valence-electron chi connectivity index (χ0n) is 13.3. The highest BCUT2D eigenvalue weighted by Gasteiger charge is 2.22. The van der Waals surface area contributed by atoms with E-state index in [-0.39, 0.29) is 11.8 Å². The van der Waals surface area contributed by atoms with Crippen molar-refractivity contribution in [2.75, 3.05) is 30.1 Å². The van der Waals surface area contributed by atoms with Crippen molar-refractivity contribution in [2.24, 2.45) is 5.92 Å². The summed E-state index contributed by atoms with van der Waals surface area (Å²) >= 11 is 5.70. The molecule has 0 unspecified atom stereocenters.